The molecule has 0 aliphatic rings. The van der Waals surface area contributed by atoms with E-state index < -0.39 is 0 Å². The number of hydrogen-bond donors (Lipinski definition) is 1. The number of allylic oxidation sites excluding steroid dienone is 2. The molecular formula is C8H14O2. The Bertz CT molecular complexity index is 106. The van der Waals surface area contributed by atoms with E-state index in [0.717, 1.165) is 25.5 Å². The van der Waals surface area contributed by atoms with Crippen LogP contribution in [0, 0.1) is 0 Å². The van der Waals surface area contributed by atoms with Crippen LogP contribution in [0.4, 0.5) is 0 Å². The van der Waals surface area contributed by atoms with Gasteiger partial charge in [-0.1, -0.05) is 6.08 Å². The fourth-order valence-corrected chi connectivity index (χ4v) is 0.683. The van der Waals surface area contributed by atoms with Gasteiger partial charge in [-0.05, 0) is 32.3 Å². The molecule has 0 aromatic rings. The average molecular weight is 142 g/mol. The van der Waals surface area contributed by atoms with Crippen LogP contribution >= 0.6 is 0 Å². The quantitative estimate of drug-likeness (QED) is 0.357. The lowest BCUT2D eigenvalue weighted by Gasteiger charge is -1.99. The van der Waals surface area contributed by atoms with E-state index in [9.17, 15) is 4.79 Å². The number of aliphatic hydroxyl groups excluding tert-OH is 1. The molecule has 0 rings (SSSR count). The van der Waals surface area contributed by atoms with Gasteiger partial charge < -0.3 is 5.11 Å². The summed E-state index contributed by atoms with van der Waals surface area (Å²) in [4.78, 5) is 9.77. The molecule has 0 aromatic heterocycles. The standard InChI is InChI=1S/C8H14O2/c1-8(10)6-4-2-3-5-7-9/h3,5,7-8,10H,2,4,6H2,1H3/b5-3+. The normalized spacial score (nSPS) is 13.8. The van der Waals surface area contributed by atoms with Crippen molar-refractivity contribution in [2.75, 3.05) is 0 Å². The predicted octanol–water partition coefficient (Wildman–Crippen LogP) is 1.29. The summed E-state index contributed by atoms with van der Waals surface area (Å²) in [7, 11) is 0. The second-order valence-corrected chi connectivity index (χ2v) is 2.34. The number of carbonyl (C=O) groups is 1. The van der Waals surface area contributed by atoms with Crippen LogP contribution in [0.2, 0.25) is 0 Å². The van der Waals surface area contributed by atoms with Gasteiger partial charge in [0.05, 0.1) is 6.10 Å². The van der Waals surface area contributed by atoms with E-state index in [1.54, 1.807) is 6.92 Å². The lowest BCUT2D eigenvalue weighted by atomic mass is 10.2. The van der Waals surface area contributed by atoms with Gasteiger partial charge in [-0.15, -0.1) is 0 Å². The van der Waals surface area contributed by atoms with E-state index in [1.807, 2.05) is 6.08 Å². The first-order valence-corrected chi connectivity index (χ1v) is 3.55. The average Bonchev–Trinajstić information content (AvgIpc) is 1.87. The molecule has 2 heteroatoms. The topological polar surface area (TPSA) is 37.3 Å². The smallest absolute Gasteiger partial charge is 0.142 e. The van der Waals surface area contributed by atoms with Gasteiger partial charge in [0.15, 0.2) is 0 Å². The first kappa shape index (κ1) is 9.37. The third-order valence-corrected chi connectivity index (χ3v) is 1.21. The SMILES string of the molecule is CC(O)CCC/C=C/C=O. The highest BCUT2D eigenvalue weighted by molar-refractivity contribution is 5.64. The Labute approximate surface area is 61.6 Å². The van der Waals surface area contributed by atoms with E-state index in [4.69, 9.17) is 5.11 Å². The molecule has 0 heterocycles. The molecule has 0 saturated carbocycles. The first-order chi connectivity index (χ1) is 4.77. The lowest BCUT2D eigenvalue weighted by molar-refractivity contribution is -0.104. The molecule has 0 amide bonds. The van der Waals surface area contributed by atoms with Crippen molar-refractivity contribution in [3.63, 3.8) is 0 Å². The Hall–Kier alpha value is -0.630. The molecule has 10 heavy (non-hydrogen) atoms. The Balaban J connectivity index is 3.04. The molecule has 0 aliphatic heterocycles. The van der Waals surface area contributed by atoms with Crippen LogP contribution in [0.15, 0.2) is 12.2 Å². The molecule has 1 unspecified atom stereocenters. The summed E-state index contributed by atoms with van der Waals surface area (Å²) in [5.41, 5.74) is 0. The van der Waals surface area contributed by atoms with Crippen LogP contribution in [0.3, 0.4) is 0 Å². The minimum Gasteiger partial charge on any atom is -0.393 e. The fourth-order valence-electron chi connectivity index (χ4n) is 0.683. The molecular weight excluding hydrogens is 128 g/mol. The van der Waals surface area contributed by atoms with Crippen molar-refractivity contribution in [3.8, 4) is 0 Å². The number of unbranched alkanes of at least 4 members (excludes halogenated alkanes) is 1. The van der Waals surface area contributed by atoms with E-state index in [1.165, 1.54) is 6.08 Å². The largest absolute Gasteiger partial charge is 0.393 e. The van der Waals surface area contributed by atoms with Gasteiger partial charge in [-0.3, -0.25) is 4.79 Å². The molecule has 0 radical (unpaired) electrons. The van der Waals surface area contributed by atoms with E-state index in [-0.39, 0.29) is 6.10 Å². The summed E-state index contributed by atoms with van der Waals surface area (Å²) >= 11 is 0. The van der Waals surface area contributed by atoms with Crippen molar-refractivity contribution in [1.29, 1.82) is 0 Å². The third-order valence-electron chi connectivity index (χ3n) is 1.21. The van der Waals surface area contributed by atoms with Gasteiger partial charge >= 0.3 is 0 Å². The summed E-state index contributed by atoms with van der Waals surface area (Å²) < 4.78 is 0. The number of aldehydes is 1. The zero-order chi connectivity index (χ0) is 7.82. The summed E-state index contributed by atoms with van der Waals surface area (Å²) in [6.45, 7) is 1.77. The summed E-state index contributed by atoms with van der Waals surface area (Å²) in [5, 5.41) is 8.82. The summed E-state index contributed by atoms with van der Waals surface area (Å²) in [6.07, 6.45) is 6.49. The molecule has 0 aliphatic carbocycles. The Morgan fingerprint density at radius 1 is 1.60 bits per heavy atom. The van der Waals surface area contributed by atoms with E-state index >= 15 is 0 Å². The molecule has 58 valence electrons. The number of hydrogen-bond acceptors (Lipinski definition) is 2. The van der Waals surface area contributed by atoms with Crippen molar-refractivity contribution in [2.24, 2.45) is 0 Å². The van der Waals surface area contributed by atoms with Crippen molar-refractivity contribution in [3.05, 3.63) is 12.2 Å². The highest BCUT2D eigenvalue weighted by Crippen LogP contribution is 1.99. The van der Waals surface area contributed by atoms with Gasteiger partial charge in [0, 0.05) is 0 Å². The molecule has 0 bridgehead atoms. The zero-order valence-corrected chi connectivity index (χ0v) is 6.29. The lowest BCUT2D eigenvalue weighted by Crippen LogP contribution is -1.97. The molecule has 1 N–H and O–H groups in total. The van der Waals surface area contributed by atoms with Gasteiger partial charge in [-0.2, -0.15) is 0 Å². The van der Waals surface area contributed by atoms with Crippen molar-refractivity contribution >= 4 is 6.29 Å². The first-order valence-electron chi connectivity index (χ1n) is 3.55. The van der Waals surface area contributed by atoms with E-state index in [2.05, 4.69) is 0 Å². The molecule has 0 spiro atoms. The zero-order valence-electron chi connectivity index (χ0n) is 6.29. The maximum Gasteiger partial charge on any atom is 0.142 e. The van der Waals surface area contributed by atoms with Crippen LogP contribution < -0.4 is 0 Å². The second kappa shape index (κ2) is 6.49. The molecule has 0 saturated heterocycles. The Morgan fingerprint density at radius 2 is 2.30 bits per heavy atom. The van der Waals surface area contributed by atoms with Crippen molar-refractivity contribution in [1.82, 2.24) is 0 Å². The molecule has 0 aromatic carbocycles. The molecule has 2 nitrogen and oxygen atoms in total. The molecule has 1 atom stereocenters. The van der Waals surface area contributed by atoms with Gasteiger partial charge in [-0.25, -0.2) is 0 Å². The van der Waals surface area contributed by atoms with Crippen LogP contribution in [0.5, 0.6) is 0 Å². The highest BCUT2D eigenvalue weighted by atomic mass is 16.3. The Kier molecular flexibility index (Phi) is 6.08. The highest BCUT2D eigenvalue weighted by Gasteiger charge is 1.91. The van der Waals surface area contributed by atoms with Crippen LogP contribution in [-0.2, 0) is 4.79 Å². The summed E-state index contributed by atoms with van der Waals surface area (Å²) in [6, 6.07) is 0. The maximum atomic E-state index is 9.77. The number of rotatable bonds is 5. The van der Waals surface area contributed by atoms with E-state index in [0.29, 0.717) is 0 Å². The number of carbonyl (C=O) groups excluding carboxylic acids is 1. The van der Waals surface area contributed by atoms with Crippen LogP contribution in [0.25, 0.3) is 0 Å². The summed E-state index contributed by atoms with van der Waals surface area (Å²) in [5.74, 6) is 0. The third kappa shape index (κ3) is 7.37. The van der Waals surface area contributed by atoms with Crippen LogP contribution in [0.1, 0.15) is 26.2 Å². The minimum atomic E-state index is -0.218. The fraction of sp³-hybridized carbons (Fsp3) is 0.625. The Morgan fingerprint density at radius 3 is 2.80 bits per heavy atom. The minimum absolute atomic E-state index is 0.218. The van der Waals surface area contributed by atoms with Crippen molar-refractivity contribution in [2.45, 2.75) is 32.3 Å². The van der Waals surface area contributed by atoms with Crippen LogP contribution in [-0.4, -0.2) is 17.5 Å². The molecule has 0 fully saturated rings. The second-order valence-electron chi connectivity index (χ2n) is 2.34. The number of aliphatic hydroxyl groups is 1. The van der Waals surface area contributed by atoms with Crippen molar-refractivity contribution < 1.29 is 9.90 Å². The predicted molar refractivity (Wildman–Crippen MR) is 40.7 cm³/mol. The monoisotopic (exact) mass is 142 g/mol. The van der Waals surface area contributed by atoms with Gasteiger partial charge in [0.2, 0.25) is 0 Å². The van der Waals surface area contributed by atoms with Gasteiger partial charge in [0.1, 0.15) is 6.29 Å². The maximum absolute atomic E-state index is 9.77. The van der Waals surface area contributed by atoms with Gasteiger partial charge in [0.25, 0.3) is 0 Å².